The molecule has 0 radical (unpaired) electrons. The van der Waals surface area contributed by atoms with Crippen LogP contribution < -0.4 is 4.74 Å². The maximum Gasteiger partial charge on any atom is 0.246 e. The molecule has 7 heteroatoms. The van der Waals surface area contributed by atoms with Crippen molar-refractivity contribution in [2.24, 2.45) is 0 Å². The van der Waals surface area contributed by atoms with Crippen molar-refractivity contribution in [3.05, 3.63) is 23.8 Å². The molecule has 1 aromatic rings. The highest BCUT2D eigenvalue weighted by atomic mass is 35.5. The molecule has 21 heavy (non-hydrogen) atoms. The van der Waals surface area contributed by atoms with E-state index in [0.717, 1.165) is 17.7 Å². The van der Waals surface area contributed by atoms with E-state index in [-0.39, 0.29) is 16.8 Å². The molecule has 0 saturated heterocycles. The Hall–Kier alpha value is -0.430. The van der Waals surface area contributed by atoms with Gasteiger partial charge in [0.1, 0.15) is 10.6 Å². The third-order valence-electron chi connectivity index (χ3n) is 3.40. The van der Waals surface area contributed by atoms with Crippen LogP contribution in [0.15, 0.2) is 23.1 Å². The van der Waals surface area contributed by atoms with Crippen LogP contribution in [0.25, 0.3) is 0 Å². The Kier molecular flexibility index (Phi) is 7.33. The highest BCUT2D eigenvalue weighted by Gasteiger charge is 2.28. The van der Waals surface area contributed by atoms with E-state index >= 15 is 0 Å². The van der Waals surface area contributed by atoms with E-state index in [1.165, 1.54) is 11.4 Å². The Labute approximate surface area is 136 Å². The van der Waals surface area contributed by atoms with Gasteiger partial charge in [-0.25, -0.2) is 8.42 Å². The molecule has 1 rings (SSSR count). The fraction of sp³-hybridized carbons (Fsp3) is 0.571. The van der Waals surface area contributed by atoms with E-state index in [4.69, 9.17) is 16.3 Å². The number of nitrogens with zero attached hydrogens (tertiary/aromatic N) is 1. The lowest BCUT2D eigenvalue weighted by atomic mass is 10.2. The van der Waals surface area contributed by atoms with Crippen molar-refractivity contribution >= 4 is 33.4 Å². The van der Waals surface area contributed by atoms with Gasteiger partial charge in [-0.2, -0.15) is 16.1 Å². The van der Waals surface area contributed by atoms with Gasteiger partial charge in [-0.15, -0.1) is 11.6 Å². The number of hydrogen-bond acceptors (Lipinski definition) is 4. The van der Waals surface area contributed by atoms with Gasteiger partial charge in [-0.05, 0) is 43.0 Å². The van der Waals surface area contributed by atoms with Crippen molar-refractivity contribution in [2.45, 2.75) is 30.2 Å². The predicted octanol–water partition coefficient (Wildman–Crippen LogP) is 3.20. The fourth-order valence-corrected chi connectivity index (χ4v) is 4.21. The summed E-state index contributed by atoms with van der Waals surface area (Å²) >= 11 is 7.51. The van der Waals surface area contributed by atoms with Gasteiger partial charge >= 0.3 is 0 Å². The molecular formula is C14H22ClNO3S2. The molecule has 120 valence electrons. The van der Waals surface area contributed by atoms with Crippen molar-refractivity contribution in [2.75, 3.05) is 26.2 Å². The first-order chi connectivity index (χ1) is 9.88. The number of ether oxygens (including phenoxy) is 1. The fourth-order valence-electron chi connectivity index (χ4n) is 1.87. The average Bonchev–Trinajstić information content (AvgIpc) is 2.50. The zero-order chi connectivity index (χ0) is 16.0. The second-order valence-electron chi connectivity index (χ2n) is 4.77. The number of hydrogen-bond donors (Lipinski definition) is 0. The number of methoxy groups -OCH3 is 1. The minimum atomic E-state index is -3.60. The number of halogens is 1. The van der Waals surface area contributed by atoms with Crippen LogP contribution in [0.5, 0.6) is 5.75 Å². The van der Waals surface area contributed by atoms with Crippen molar-refractivity contribution in [3.8, 4) is 5.75 Å². The number of rotatable bonds is 8. The van der Waals surface area contributed by atoms with E-state index in [0.29, 0.717) is 5.75 Å². The summed E-state index contributed by atoms with van der Waals surface area (Å²) in [6.07, 6.45) is 2.81. The van der Waals surface area contributed by atoms with Gasteiger partial charge in [0.25, 0.3) is 0 Å². The van der Waals surface area contributed by atoms with Gasteiger partial charge in [0, 0.05) is 19.0 Å². The van der Waals surface area contributed by atoms with Crippen molar-refractivity contribution in [1.29, 1.82) is 0 Å². The molecule has 0 bridgehead atoms. The number of thioether (sulfide) groups is 1. The molecule has 0 spiro atoms. The van der Waals surface area contributed by atoms with Crippen LogP contribution in [-0.2, 0) is 15.9 Å². The zero-order valence-corrected chi connectivity index (χ0v) is 15.2. The Morgan fingerprint density at radius 2 is 2.10 bits per heavy atom. The molecule has 1 unspecified atom stereocenters. The van der Waals surface area contributed by atoms with Gasteiger partial charge < -0.3 is 4.74 Å². The standard InChI is InChI=1S/C14H22ClNO3S2/c1-11(7-8-20-4)16(2)21(17,18)14-9-12(10-15)5-6-13(14)19-3/h5-6,9,11H,7-8,10H2,1-4H3. The van der Waals surface area contributed by atoms with Crippen LogP contribution in [0, 0.1) is 0 Å². The van der Waals surface area contributed by atoms with Crippen LogP contribution >= 0.6 is 23.4 Å². The Morgan fingerprint density at radius 3 is 2.62 bits per heavy atom. The lowest BCUT2D eigenvalue weighted by Gasteiger charge is -2.25. The topological polar surface area (TPSA) is 46.6 Å². The van der Waals surface area contributed by atoms with E-state index in [1.54, 1.807) is 37.0 Å². The summed E-state index contributed by atoms with van der Waals surface area (Å²) in [5.74, 6) is 1.52. The number of benzene rings is 1. The molecule has 4 nitrogen and oxygen atoms in total. The van der Waals surface area contributed by atoms with Crippen molar-refractivity contribution < 1.29 is 13.2 Å². The van der Waals surface area contributed by atoms with Gasteiger partial charge in [-0.3, -0.25) is 0 Å². The van der Waals surface area contributed by atoms with Crippen LogP contribution in [0.3, 0.4) is 0 Å². The van der Waals surface area contributed by atoms with Crippen LogP contribution in [0.2, 0.25) is 0 Å². The molecular weight excluding hydrogens is 330 g/mol. The smallest absolute Gasteiger partial charge is 0.246 e. The average molecular weight is 352 g/mol. The lowest BCUT2D eigenvalue weighted by molar-refractivity contribution is 0.372. The first-order valence-electron chi connectivity index (χ1n) is 6.58. The summed E-state index contributed by atoms with van der Waals surface area (Å²) in [5, 5.41) is 0. The van der Waals surface area contributed by atoms with Crippen LogP contribution in [0.4, 0.5) is 0 Å². The van der Waals surface area contributed by atoms with E-state index < -0.39 is 10.0 Å². The second kappa shape index (κ2) is 8.27. The van der Waals surface area contributed by atoms with Gasteiger partial charge in [0.05, 0.1) is 7.11 Å². The molecule has 0 saturated carbocycles. The normalized spacial score (nSPS) is 13.4. The zero-order valence-electron chi connectivity index (χ0n) is 12.8. The SMILES string of the molecule is COc1ccc(CCl)cc1S(=O)(=O)N(C)C(C)CCSC. The molecule has 0 aromatic heterocycles. The molecule has 1 atom stereocenters. The molecule has 0 heterocycles. The third-order valence-corrected chi connectivity index (χ3v) is 6.35. The summed E-state index contributed by atoms with van der Waals surface area (Å²) < 4.78 is 32.2. The Balaban J connectivity index is 3.17. The minimum Gasteiger partial charge on any atom is -0.495 e. The minimum absolute atomic E-state index is 0.0770. The molecule has 0 amide bonds. The number of sulfonamides is 1. The number of alkyl halides is 1. The summed E-state index contributed by atoms with van der Waals surface area (Å²) in [7, 11) is -0.535. The monoisotopic (exact) mass is 351 g/mol. The van der Waals surface area contributed by atoms with Crippen molar-refractivity contribution in [1.82, 2.24) is 4.31 Å². The first kappa shape index (κ1) is 18.6. The highest BCUT2D eigenvalue weighted by molar-refractivity contribution is 7.98. The molecule has 0 aliphatic rings. The molecule has 0 aliphatic carbocycles. The quantitative estimate of drug-likeness (QED) is 0.675. The molecule has 0 N–H and O–H groups in total. The third kappa shape index (κ3) is 4.52. The summed E-state index contributed by atoms with van der Waals surface area (Å²) in [6.45, 7) is 1.91. The van der Waals surface area contributed by atoms with E-state index in [9.17, 15) is 8.42 Å². The maximum atomic E-state index is 12.8. The Bertz CT molecular complexity index is 563. The summed E-state index contributed by atoms with van der Waals surface area (Å²) in [6, 6.07) is 4.91. The molecule has 0 fully saturated rings. The summed E-state index contributed by atoms with van der Waals surface area (Å²) in [5.41, 5.74) is 0.751. The first-order valence-corrected chi connectivity index (χ1v) is 9.95. The lowest BCUT2D eigenvalue weighted by Crippen LogP contribution is -2.35. The largest absolute Gasteiger partial charge is 0.495 e. The van der Waals surface area contributed by atoms with Gasteiger partial charge in [0.2, 0.25) is 10.0 Å². The van der Waals surface area contributed by atoms with Crippen LogP contribution in [0.1, 0.15) is 18.9 Å². The predicted molar refractivity (Wildman–Crippen MR) is 90.0 cm³/mol. The van der Waals surface area contributed by atoms with Gasteiger partial charge in [0.15, 0.2) is 0 Å². The van der Waals surface area contributed by atoms with E-state index in [1.807, 2.05) is 13.2 Å². The Morgan fingerprint density at radius 1 is 1.43 bits per heavy atom. The maximum absolute atomic E-state index is 12.8. The van der Waals surface area contributed by atoms with E-state index in [2.05, 4.69) is 0 Å². The highest BCUT2D eigenvalue weighted by Crippen LogP contribution is 2.29. The second-order valence-corrected chi connectivity index (χ2v) is 7.99. The molecule has 1 aromatic carbocycles. The summed E-state index contributed by atoms with van der Waals surface area (Å²) in [4.78, 5) is 0.168. The van der Waals surface area contributed by atoms with Gasteiger partial charge in [-0.1, -0.05) is 6.07 Å². The molecule has 0 aliphatic heterocycles. The van der Waals surface area contributed by atoms with Crippen LogP contribution in [-0.4, -0.2) is 44.9 Å². The van der Waals surface area contributed by atoms with Crippen molar-refractivity contribution in [3.63, 3.8) is 0 Å².